The van der Waals surface area contributed by atoms with Crippen molar-refractivity contribution in [1.29, 1.82) is 0 Å². The summed E-state index contributed by atoms with van der Waals surface area (Å²) < 4.78 is 23.8. The highest BCUT2D eigenvalue weighted by atomic mass is 31.2. The first kappa shape index (κ1) is 23.0. The average molecular weight is 470 g/mol. The van der Waals surface area contributed by atoms with Crippen molar-refractivity contribution in [1.82, 2.24) is 24.8 Å². The first-order valence-corrected chi connectivity index (χ1v) is 12.3. The van der Waals surface area contributed by atoms with Gasteiger partial charge in [0.2, 0.25) is 0 Å². The summed E-state index contributed by atoms with van der Waals surface area (Å²) in [6.07, 6.45) is 1.74. The van der Waals surface area contributed by atoms with Crippen molar-refractivity contribution < 1.29 is 33.7 Å². The van der Waals surface area contributed by atoms with Gasteiger partial charge >= 0.3 is 13.6 Å². The second kappa shape index (κ2) is 9.38. The number of anilines is 1. The van der Waals surface area contributed by atoms with E-state index in [2.05, 4.69) is 25.6 Å². The molecule has 0 aromatic carbocycles. The van der Waals surface area contributed by atoms with E-state index in [-0.39, 0.29) is 41.8 Å². The van der Waals surface area contributed by atoms with E-state index < -0.39 is 32.1 Å². The fraction of sp³-hybridized carbons (Fsp3) is 0.667. The van der Waals surface area contributed by atoms with Crippen LogP contribution < -0.4 is 10.6 Å². The fourth-order valence-corrected chi connectivity index (χ4v) is 4.47. The van der Waals surface area contributed by atoms with Crippen LogP contribution in [0.15, 0.2) is 12.7 Å². The molecule has 2 fully saturated rings. The van der Waals surface area contributed by atoms with Gasteiger partial charge in [-0.15, -0.1) is 0 Å². The van der Waals surface area contributed by atoms with Crippen LogP contribution in [0, 0.1) is 0 Å². The van der Waals surface area contributed by atoms with E-state index in [0.717, 1.165) is 25.7 Å². The van der Waals surface area contributed by atoms with Crippen LogP contribution in [0.4, 0.5) is 10.6 Å². The smallest absolute Gasteiger partial charge is 0.327 e. The van der Waals surface area contributed by atoms with Crippen molar-refractivity contribution in [2.24, 2.45) is 0 Å². The second-order valence-corrected chi connectivity index (χ2v) is 10.1. The Morgan fingerprint density at radius 1 is 1.28 bits per heavy atom. The summed E-state index contributed by atoms with van der Waals surface area (Å²) in [5.74, 6) is 0.196. The number of aromatic nitrogens is 4. The summed E-state index contributed by atoms with van der Waals surface area (Å²) in [6.45, 7) is 1.13. The number of carbonyl (C=O) groups is 1. The average Bonchev–Trinajstić information content (AvgIpc) is 3.48. The van der Waals surface area contributed by atoms with Crippen molar-refractivity contribution in [3.63, 3.8) is 0 Å². The van der Waals surface area contributed by atoms with Crippen LogP contribution in [0.5, 0.6) is 0 Å². The first-order chi connectivity index (χ1) is 15.3. The predicted octanol–water partition coefficient (Wildman–Crippen LogP) is 0.731. The van der Waals surface area contributed by atoms with Crippen molar-refractivity contribution in [3.05, 3.63) is 12.7 Å². The zero-order valence-electron chi connectivity index (χ0n) is 17.5. The van der Waals surface area contributed by atoms with E-state index >= 15 is 0 Å². The zero-order chi connectivity index (χ0) is 22.9. The molecule has 2 aromatic rings. The number of aliphatic hydroxyl groups excluding tert-OH is 2. The molecular weight excluding hydrogens is 443 g/mol. The van der Waals surface area contributed by atoms with Gasteiger partial charge in [-0.3, -0.25) is 14.4 Å². The Hall–Kier alpha value is -2.15. The van der Waals surface area contributed by atoms with Crippen LogP contribution in [0.25, 0.3) is 11.2 Å². The molecule has 3 heterocycles. The zero-order valence-corrected chi connectivity index (χ0v) is 18.4. The van der Waals surface area contributed by atoms with E-state index in [1.165, 1.54) is 24.1 Å². The molecular formula is C18H27N6O7P. The Kier molecular flexibility index (Phi) is 6.75. The molecule has 0 radical (unpaired) electrons. The van der Waals surface area contributed by atoms with Crippen molar-refractivity contribution in [2.75, 3.05) is 18.1 Å². The van der Waals surface area contributed by atoms with Crippen LogP contribution in [0.2, 0.25) is 0 Å². The van der Waals surface area contributed by atoms with Gasteiger partial charge < -0.3 is 29.7 Å². The highest BCUT2D eigenvalue weighted by Gasteiger charge is 2.45. The highest BCUT2D eigenvalue weighted by molar-refractivity contribution is 7.52. The van der Waals surface area contributed by atoms with E-state index in [4.69, 9.17) is 9.26 Å². The largest absolute Gasteiger partial charge is 0.387 e. The van der Waals surface area contributed by atoms with Crippen molar-refractivity contribution in [3.8, 4) is 0 Å². The standard InChI is InChI=1S/C18H27N6O7P/c1-2-32(28,29)30-7-11-13(25)14(26)17(31-11)24-9-21-12-15(19-8-20-16(12)24)23-18(27)22-10-5-3-4-6-10/h8-11,13-14,17,25-26H,2-7H2,1H3,(H,28,29)(H2,19,20,22,23,27)/t11-,13?,14?,17-/m1/s1. The van der Waals surface area contributed by atoms with Crippen LogP contribution >= 0.6 is 7.60 Å². The normalized spacial score (nSPS) is 28.1. The summed E-state index contributed by atoms with van der Waals surface area (Å²) in [6, 6.07) is -0.255. The fourth-order valence-electron chi connectivity index (χ4n) is 3.91. The summed E-state index contributed by atoms with van der Waals surface area (Å²) >= 11 is 0. The van der Waals surface area contributed by atoms with E-state index in [0.29, 0.717) is 0 Å². The Bertz CT molecular complexity index is 1010. The molecule has 2 aromatic heterocycles. The molecule has 14 heteroatoms. The lowest BCUT2D eigenvalue weighted by Gasteiger charge is -2.17. The van der Waals surface area contributed by atoms with Gasteiger partial charge in [-0.1, -0.05) is 19.8 Å². The molecule has 2 amide bonds. The Morgan fingerprint density at radius 2 is 2.03 bits per heavy atom. The molecule has 3 unspecified atom stereocenters. The predicted molar refractivity (Wildman–Crippen MR) is 112 cm³/mol. The number of fused-ring (bicyclic) bond motifs is 1. The number of urea groups is 1. The number of rotatable bonds is 7. The van der Waals surface area contributed by atoms with Gasteiger partial charge in [-0.25, -0.2) is 19.7 Å². The summed E-state index contributed by atoms with van der Waals surface area (Å²) in [4.78, 5) is 34.4. The molecule has 32 heavy (non-hydrogen) atoms. The molecule has 0 bridgehead atoms. The van der Waals surface area contributed by atoms with Gasteiger partial charge in [0.1, 0.15) is 24.6 Å². The van der Waals surface area contributed by atoms with Gasteiger partial charge in [-0.05, 0) is 12.8 Å². The lowest BCUT2D eigenvalue weighted by molar-refractivity contribution is -0.0484. The lowest BCUT2D eigenvalue weighted by Crippen LogP contribution is -2.36. The van der Waals surface area contributed by atoms with Crippen LogP contribution in [0.3, 0.4) is 0 Å². The minimum absolute atomic E-state index is 0.0883. The Balaban J connectivity index is 1.49. The first-order valence-electron chi connectivity index (χ1n) is 10.5. The number of hydrogen-bond donors (Lipinski definition) is 5. The van der Waals surface area contributed by atoms with Crippen LogP contribution in [-0.2, 0) is 13.8 Å². The molecule has 5 N–H and O–H groups in total. The van der Waals surface area contributed by atoms with Gasteiger partial charge in [0.05, 0.1) is 12.9 Å². The molecule has 13 nitrogen and oxygen atoms in total. The second-order valence-electron chi connectivity index (χ2n) is 7.92. The van der Waals surface area contributed by atoms with Gasteiger partial charge in [0, 0.05) is 12.2 Å². The highest BCUT2D eigenvalue weighted by Crippen LogP contribution is 2.42. The maximum absolute atomic E-state index is 12.3. The van der Waals surface area contributed by atoms with Crippen LogP contribution in [0.1, 0.15) is 38.8 Å². The molecule has 4 rings (SSSR count). The number of carbonyl (C=O) groups excluding carboxylic acids is 1. The SMILES string of the molecule is CCP(=O)(O)OC[C@H]1O[C@@H](n2cnc3c(NC(=O)NC4CCCC4)ncnc32)C(O)C1O. The van der Waals surface area contributed by atoms with Crippen molar-refractivity contribution >= 4 is 30.6 Å². The summed E-state index contributed by atoms with van der Waals surface area (Å²) in [5, 5.41) is 26.4. The Labute approximate surface area is 183 Å². The molecule has 5 atom stereocenters. The monoisotopic (exact) mass is 470 g/mol. The van der Waals surface area contributed by atoms with E-state index in [1.54, 1.807) is 0 Å². The Morgan fingerprint density at radius 3 is 2.75 bits per heavy atom. The number of nitrogens with one attached hydrogen (secondary N) is 2. The van der Waals surface area contributed by atoms with E-state index in [9.17, 15) is 24.5 Å². The number of amides is 2. The topological polar surface area (TPSA) is 181 Å². The van der Waals surface area contributed by atoms with E-state index in [1.807, 2.05) is 0 Å². The number of aliphatic hydroxyl groups is 2. The maximum Gasteiger partial charge on any atom is 0.327 e. The summed E-state index contributed by atoms with van der Waals surface area (Å²) in [7, 11) is -3.78. The number of hydrogen-bond acceptors (Lipinski definition) is 9. The third-order valence-electron chi connectivity index (χ3n) is 5.73. The van der Waals surface area contributed by atoms with Gasteiger partial charge in [0.25, 0.3) is 0 Å². The quantitative estimate of drug-likeness (QED) is 0.362. The minimum atomic E-state index is -3.78. The lowest BCUT2D eigenvalue weighted by atomic mass is 10.1. The van der Waals surface area contributed by atoms with Gasteiger partial charge in [-0.2, -0.15) is 0 Å². The number of nitrogens with zero attached hydrogens (tertiary/aromatic N) is 4. The molecule has 176 valence electrons. The molecule has 2 aliphatic rings. The maximum atomic E-state index is 12.3. The molecule has 1 aliphatic heterocycles. The van der Waals surface area contributed by atoms with Gasteiger partial charge in [0.15, 0.2) is 23.2 Å². The summed E-state index contributed by atoms with van der Waals surface area (Å²) in [5.41, 5.74) is 0.556. The minimum Gasteiger partial charge on any atom is -0.387 e. The van der Waals surface area contributed by atoms with Crippen molar-refractivity contribution in [2.45, 2.75) is 63.2 Å². The molecule has 1 saturated carbocycles. The molecule has 1 aliphatic carbocycles. The van der Waals surface area contributed by atoms with Crippen LogP contribution in [-0.4, -0.2) is 77.8 Å². The number of ether oxygens (including phenoxy) is 1. The third kappa shape index (κ3) is 4.77. The number of imidazole rings is 1. The molecule has 0 spiro atoms. The third-order valence-corrected chi connectivity index (χ3v) is 7.08. The molecule has 1 saturated heterocycles.